The molecule has 0 rings (SSSR count). The molecule has 11 heavy (non-hydrogen) atoms. The van der Waals surface area contributed by atoms with E-state index in [2.05, 4.69) is 6.92 Å². The Kier molecular flexibility index (Phi) is 6.33. The molecule has 0 heterocycles. The summed E-state index contributed by atoms with van der Waals surface area (Å²) in [5.41, 5.74) is -0.496. The van der Waals surface area contributed by atoms with Crippen molar-refractivity contribution in [1.29, 1.82) is 0 Å². The Morgan fingerprint density at radius 2 is 2.18 bits per heavy atom. The molecule has 2 nitrogen and oxygen atoms in total. The van der Waals surface area contributed by atoms with Crippen LogP contribution in [0.4, 0.5) is 0 Å². The summed E-state index contributed by atoms with van der Waals surface area (Å²) in [5, 5.41) is 0. The third-order valence-corrected chi connectivity index (χ3v) is 1.37. The van der Waals surface area contributed by atoms with Gasteiger partial charge in [-0.3, -0.25) is 4.79 Å². The van der Waals surface area contributed by atoms with Gasteiger partial charge in [0.1, 0.15) is 0 Å². The van der Waals surface area contributed by atoms with E-state index in [1.54, 1.807) is 6.92 Å². The molecule has 1 unspecified atom stereocenters. The summed E-state index contributed by atoms with van der Waals surface area (Å²) in [6.07, 6.45) is 3.58. The normalized spacial score (nSPS) is 12.6. The third-order valence-electron chi connectivity index (χ3n) is 1.28. The van der Waals surface area contributed by atoms with Gasteiger partial charge in [-0.05, 0) is 13.3 Å². The van der Waals surface area contributed by atoms with Gasteiger partial charge >= 0.3 is 5.97 Å². The van der Waals surface area contributed by atoms with Crippen LogP contribution in [0.5, 0.6) is 0 Å². The highest BCUT2D eigenvalue weighted by Gasteiger charge is 2.04. The lowest BCUT2D eigenvalue weighted by atomic mass is 10.2. The second-order valence-corrected chi connectivity index (χ2v) is 3.10. The number of hydrogen-bond donors (Lipinski definition) is 0. The second kappa shape index (κ2) is 6.47. The van der Waals surface area contributed by atoms with Crippen LogP contribution in [-0.4, -0.2) is 11.5 Å². The number of carbonyl (C=O) groups excluding carboxylic acids is 1. The van der Waals surface area contributed by atoms with Crippen LogP contribution in [0, 0.1) is 0 Å². The van der Waals surface area contributed by atoms with Gasteiger partial charge < -0.3 is 4.74 Å². The summed E-state index contributed by atoms with van der Waals surface area (Å²) < 4.78 is 4.72. The summed E-state index contributed by atoms with van der Waals surface area (Å²) in [6.45, 7) is 3.73. The summed E-state index contributed by atoms with van der Waals surface area (Å²) in [4.78, 5) is 10.8. The van der Waals surface area contributed by atoms with Crippen molar-refractivity contribution in [2.45, 2.75) is 45.1 Å². The fraction of sp³-hybridized carbons (Fsp3) is 0.875. The number of esters is 1. The van der Waals surface area contributed by atoms with E-state index >= 15 is 0 Å². The van der Waals surface area contributed by atoms with E-state index in [-0.39, 0.29) is 5.97 Å². The van der Waals surface area contributed by atoms with Gasteiger partial charge in [0.05, 0.1) is 0 Å². The Morgan fingerprint density at radius 1 is 1.55 bits per heavy atom. The van der Waals surface area contributed by atoms with Crippen LogP contribution < -0.4 is 0 Å². The van der Waals surface area contributed by atoms with Gasteiger partial charge in [-0.1, -0.05) is 31.4 Å². The molecule has 0 aliphatic carbocycles. The summed E-state index contributed by atoms with van der Waals surface area (Å²) in [5.74, 6) is -0.194. The molecule has 0 aromatic carbocycles. The van der Waals surface area contributed by atoms with Crippen LogP contribution in [-0.2, 0) is 9.53 Å². The quantitative estimate of drug-likeness (QED) is 0.368. The lowest BCUT2D eigenvalue weighted by molar-refractivity contribution is -0.144. The maximum Gasteiger partial charge on any atom is 0.307 e. The van der Waals surface area contributed by atoms with E-state index < -0.39 is 5.56 Å². The van der Waals surface area contributed by atoms with Crippen LogP contribution >= 0.6 is 11.6 Å². The van der Waals surface area contributed by atoms with Crippen LogP contribution in [0.1, 0.15) is 39.5 Å². The molecule has 0 aromatic heterocycles. The largest absolute Gasteiger partial charge is 0.446 e. The maximum atomic E-state index is 10.8. The van der Waals surface area contributed by atoms with Crippen molar-refractivity contribution in [2.24, 2.45) is 0 Å². The predicted octanol–water partition coefficient (Wildman–Crippen LogP) is 2.69. The Balaban J connectivity index is 3.23. The van der Waals surface area contributed by atoms with Crippen LogP contribution in [0.25, 0.3) is 0 Å². The smallest absolute Gasteiger partial charge is 0.307 e. The van der Waals surface area contributed by atoms with E-state index in [1.165, 1.54) is 0 Å². The van der Waals surface area contributed by atoms with Crippen molar-refractivity contribution in [1.82, 2.24) is 0 Å². The van der Waals surface area contributed by atoms with Gasteiger partial charge in [-0.25, -0.2) is 0 Å². The topological polar surface area (TPSA) is 26.3 Å². The van der Waals surface area contributed by atoms with E-state index in [9.17, 15) is 4.79 Å². The molecule has 0 spiro atoms. The molecule has 0 saturated carbocycles. The summed E-state index contributed by atoms with van der Waals surface area (Å²) in [6, 6.07) is 0. The van der Waals surface area contributed by atoms with Crippen LogP contribution in [0.2, 0.25) is 0 Å². The minimum atomic E-state index is -0.496. The van der Waals surface area contributed by atoms with Gasteiger partial charge in [0.15, 0.2) is 5.56 Å². The first-order valence-electron chi connectivity index (χ1n) is 4.00. The van der Waals surface area contributed by atoms with Crippen molar-refractivity contribution < 1.29 is 9.53 Å². The van der Waals surface area contributed by atoms with Gasteiger partial charge in [0.25, 0.3) is 0 Å². The zero-order chi connectivity index (χ0) is 8.69. The summed E-state index contributed by atoms with van der Waals surface area (Å²) >= 11 is 5.44. The molecular formula is C8H15ClO2. The zero-order valence-corrected chi connectivity index (χ0v) is 7.86. The highest BCUT2D eigenvalue weighted by atomic mass is 35.5. The molecule has 3 heteroatoms. The van der Waals surface area contributed by atoms with Crippen molar-refractivity contribution in [3.63, 3.8) is 0 Å². The van der Waals surface area contributed by atoms with Crippen molar-refractivity contribution in [3.8, 4) is 0 Å². The Morgan fingerprint density at radius 3 is 2.64 bits per heavy atom. The second-order valence-electron chi connectivity index (χ2n) is 2.49. The molecule has 0 bridgehead atoms. The highest BCUT2D eigenvalue weighted by molar-refractivity contribution is 6.19. The molecule has 0 N–H and O–H groups in total. The van der Waals surface area contributed by atoms with E-state index in [4.69, 9.17) is 16.3 Å². The van der Waals surface area contributed by atoms with Gasteiger partial charge in [-0.15, -0.1) is 0 Å². The Hall–Kier alpha value is -0.240. The standard InChI is InChI=1S/C8H15ClO2/c1-3-4-5-6-8(10)11-7(2)9/h7H,3-6H2,1-2H3. The SMILES string of the molecule is CCCCCC(=O)OC(C)Cl. The fourth-order valence-corrected chi connectivity index (χ4v) is 0.859. The monoisotopic (exact) mass is 178 g/mol. The Bertz CT molecular complexity index is 113. The first-order chi connectivity index (χ1) is 5.16. The molecule has 0 saturated heterocycles. The fourth-order valence-electron chi connectivity index (χ4n) is 0.759. The van der Waals surface area contributed by atoms with Gasteiger partial charge in [-0.2, -0.15) is 0 Å². The number of rotatable bonds is 5. The highest BCUT2D eigenvalue weighted by Crippen LogP contribution is 2.03. The number of unbranched alkanes of at least 4 members (excludes halogenated alkanes) is 2. The molecule has 0 radical (unpaired) electrons. The molecule has 0 aromatic rings. The van der Waals surface area contributed by atoms with Crippen molar-refractivity contribution >= 4 is 17.6 Å². The lowest BCUT2D eigenvalue weighted by Gasteiger charge is -2.04. The number of carbonyl (C=O) groups is 1. The van der Waals surface area contributed by atoms with Gasteiger partial charge in [0.2, 0.25) is 0 Å². The molecule has 0 amide bonds. The number of halogens is 1. The van der Waals surface area contributed by atoms with Crippen LogP contribution in [0.15, 0.2) is 0 Å². The third kappa shape index (κ3) is 7.66. The van der Waals surface area contributed by atoms with Crippen molar-refractivity contribution in [3.05, 3.63) is 0 Å². The van der Waals surface area contributed by atoms with Crippen LogP contribution in [0.3, 0.4) is 0 Å². The summed E-state index contributed by atoms with van der Waals surface area (Å²) in [7, 11) is 0. The van der Waals surface area contributed by atoms with E-state index in [1.807, 2.05) is 0 Å². The molecule has 0 aliphatic heterocycles. The number of alkyl halides is 1. The van der Waals surface area contributed by atoms with Gasteiger partial charge in [0, 0.05) is 6.42 Å². The average Bonchev–Trinajstić information content (AvgIpc) is 1.86. The first-order valence-corrected chi connectivity index (χ1v) is 4.44. The average molecular weight is 179 g/mol. The Labute approximate surface area is 72.9 Å². The molecule has 66 valence electrons. The molecule has 0 aliphatic rings. The first kappa shape index (κ1) is 10.8. The molecular weight excluding hydrogens is 164 g/mol. The predicted molar refractivity (Wildman–Crippen MR) is 45.5 cm³/mol. The number of hydrogen-bond acceptors (Lipinski definition) is 2. The van der Waals surface area contributed by atoms with E-state index in [0.717, 1.165) is 19.3 Å². The zero-order valence-electron chi connectivity index (χ0n) is 7.10. The minimum absolute atomic E-state index is 0.194. The minimum Gasteiger partial charge on any atom is -0.446 e. The molecule has 1 atom stereocenters. The van der Waals surface area contributed by atoms with Crippen molar-refractivity contribution in [2.75, 3.05) is 0 Å². The van der Waals surface area contributed by atoms with E-state index in [0.29, 0.717) is 6.42 Å². The maximum absolute atomic E-state index is 10.8. The molecule has 0 fully saturated rings. The number of ether oxygens (including phenoxy) is 1. The lowest BCUT2D eigenvalue weighted by Crippen LogP contribution is -2.08.